The number of ether oxygens (including phenoxy) is 3. The van der Waals surface area contributed by atoms with Crippen molar-refractivity contribution in [1.29, 1.82) is 0 Å². The second kappa shape index (κ2) is 8.15. The monoisotopic (exact) mass is 426 g/mol. The minimum Gasteiger partial charge on any atom is -0.495 e. The molecule has 1 N–H and O–H groups in total. The molecule has 2 aromatic rings. The zero-order chi connectivity index (χ0) is 20.3. The van der Waals surface area contributed by atoms with Gasteiger partial charge in [0.1, 0.15) is 25.5 Å². The summed E-state index contributed by atoms with van der Waals surface area (Å²) >= 11 is 6.05. The average Bonchev–Trinajstić information content (AvgIpc) is 2.65. The van der Waals surface area contributed by atoms with E-state index in [1.807, 2.05) is 0 Å². The van der Waals surface area contributed by atoms with Gasteiger partial charge in [-0.25, -0.2) is 8.42 Å². The van der Waals surface area contributed by atoms with E-state index in [2.05, 4.69) is 5.32 Å². The Kier molecular flexibility index (Phi) is 5.85. The largest absolute Gasteiger partial charge is 0.495 e. The van der Waals surface area contributed by atoms with Crippen LogP contribution in [0.2, 0.25) is 5.02 Å². The number of carbonyl (C=O) groups is 1. The Morgan fingerprint density at radius 2 is 1.89 bits per heavy atom. The first-order valence-electron chi connectivity index (χ1n) is 8.28. The predicted molar refractivity (Wildman–Crippen MR) is 106 cm³/mol. The molecule has 3 rings (SSSR count). The third kappa shape index (κ3) is 4.60. The summed E-state index contributed by atoms with van der Waals surface area (Å²) in [5, 5.41) is 2.95. The Bertz CT molecular complexity index is 996. The molecule has 1 heterocycles. The number of methoxy groups -OCH3 is 1. The Labute approximate surface area is 168 Å². The van der Waals surface area contributed by atoms with Crippen LogP contribution in [0.4, 0.5) is 11.4 Å². The van der Waals surface area contributed by atoms with Crippen LogP contribution >= 0.6 is 11.6 Å². The van der Waals surface area contributed by atoms with Gasteiger partial charge in [-0.2, -0.15) is 0 Å². The number of halogens is 1. The molecule has 1 amide bonds. The summed E-state index contributed by atoms with van der Waals surface area (Å²) in [6.07, 6.45) is 1.03. The van der Waals surface area contributed by atoms with Crippen molar-refractivity contribution in [3.8, 4) is 17.2 Å². The van der Waals surface area contributed by atoms with Gasteiger partial charge in [-0.15, -0.1) is 0 Å². The van der Waals surface area contributed by atoms with E-state index in [1.165, 1.54) is 19.2 Å². The van der Waals surface area contributed by atoms with Crippen LogP contribution in [-0.4, -0.2) is 47.4 Å². The number of carbonyl (C=O) groups excluding carboxylic acids is 1. The summed E-state index contributed by atoms with van der Waals surface area (Å²) in [6, 6.07) is 9.44. The number of nitrogens with one attached hydrogen (secondary N) is 1. The molecule has 28 heavy (non-hydrogen) atoms. The average molecular weight is 427 g/mol. The molecule has 0 fully saturated rings. The topological polar surface area (TPSA) is 94.2 Å². The molecule has 0 bridgehead atoms. The molecule has 0 atom stereocenters. The smallest absolute Gasteiger partial charge is 0.245 e. The number of anilines is 2. The lowest BCUT2D eigenvalue weighted by molar-refractivity contribution is -0.114. The van der Waals surface area contributed by atoms with Crippen molar-refractivity contribution in [2.75, 3.05) is 42.7 Å². The molecule has 0 saturated carbocycles. The SMILES string of the molecule is COc1ccc(NC(=O)CN(c2ccc3c(c2)OCCO3)S(C)(=O)=O)cc1Cl. The van der Waals surface area contributed by atoms with Crippen LogP contribution in [0.5, 0.6) is 17.2 Å². The highest BCUT2D eigenvalue weighted by atomic mass is 35.5. The van der Waals surface area contributed by atoms with Crippen molar-refractivity contribution in [3.63, 3.8) is 0 Å². The number of amides is 1. The van der Waals surface area contributed by atoms with Crippen LogP contribution in [0, 0.1) is 0 Å². The Balaban J connectivity index is 1.79. The van der Waals surface area contributed by atoms with E-state index in [0.717, 1.165) is 10.6 Å². The third-order valence-corrected chi connectivity index (χ3v) is 5.37. The molecule has 8 nitrogen and oxygen atoms in total. The molecule has 1 aliphatic heterocycles. The first-order valence-corrected chi connectivity index (χ1v) is 10.5. The van der Waals surface area contributed by atoms with Gasteiger partial charge in [0.05, 0.1) is 24.1 Å². The molecule has 0 spiro atoms. The molecular weight excluding hydrogens is 408 g/mol. The maximum absolute atomic E-state index is 12.4. The number of nitrogens with zero attached hydrogens (tertiary/aromatic N) is 1. The number of hydrogen-bond donors (Lipinski definition) is 1. The van der Waals surface area contributed by atoms with Crippen LogP contribution in [0.25, 0.3) is 0 Å². The summed E-state index contributed by atoms with van der Waals surface area (Å²) in [5.74, 6) is 0.899. The van der Waals surface area contributed by atoms with Crippen molar-refractivity contribution < 1.29 is 27.4 Å². The minimum atomic E-state index is -3.72. The van der Waals surface area contributed by atoms with E-state index < -0.39 is 22.5 Å². The van der Waals surface area contributed by atoms with E-state index in [9.17, 15) is 13.2 Å². The molecule has 0 aromatic heterocycles. The Morgan fingerprint density at radius 1 is 1.18 bits per heavy atom. The predicted octanol–water partition coefficient (Wildman–Crippen LogP) is 2.52. The van der Waals surface area contributed by atoms with Crippen LogP contribution in [0.15, 0.2) is 36.4 Å². The molecular formula is C18H19ClN2O6S. The Hall–Kier alpha value is -2.65. The Morgan fingerprint density at radius 3 is 2.54 bits per heavy atom. The molecule has 0 aliphatic carbocycles. The van der Waals surface area contributed by atoms with Gasteiger partial charge in [-0.3, -0.25) is 9.10 Å². The third-order valence-electron chi connectivity index (χ3n) is 3.94. The lowest BCUT2D eigenvalue weighted by Crippen LogP contribution is -2.37. The first-order chi connectivity index (χ1) is 13.3. The number of benzene rings is 2. The second-order valence-corrected chi connectivity index (χ2v) is 8.31. The minimum absolute atomic E-state index is 0.301. The molecule has 0 saturated heterocycles. The highest BCUT2D eigenvalue weighted by Gasteiger charge is 2.23. The van der Waals surface area contributed by atoms with Crippen molar-refractivity contribution in [3.05, 3.63) is 41.4 Å². The molecule has 10 heteroatoms. The fourth-order valence-electron chi connectivity index (χ4n) is 2.66. The first kappa shape index (κ1) is 20.1. The van der Waals surface area contributed by atoms with Crippen LogP contribution < -0.4 is 23.8 Å². The van der Waals surface area contributed by atoms with Gasteiger partial charge in [0, 0.05) is 11.8 Å². The maximum atomic E-state index is 12.4. The zero-order valence-electron chi connectivity index (χ0n) is 15.3. The number of fused-ring (bicyclic) bond motifs is 1. The van der Waals surface area contributed by atoms with Crippen LogP contribution in [0.1, 0.15) is 0 Å². The summed E-state index contributed by atoms with van der Waals surface area (Å²) in [5.41, 5.74) is 0.723. The van der Waals surface area contributed by atoms with E-state index in [0.29, 0.717) is 46.9 Å². The fraction of sp³-hybridized carbons (Fsp3) is 0.278. The van der Waals surface area contributed by atoms with E-state index in [4.69, 9.17) is 25.8 Å². The van der Waals surface area contributed by atoms with E-state index in [1.54, 1.807) is 24.3 Å². The van der Waals surface area contributed by atoms with Gasteiger partial charge in [0.15, 0.2) is 11.5 Å². The molecule has 0 unspecified atom stereocenters. The number of hydrogen-bond acceptors (Lipinski definition) is 6. The van der Waals surface area contributed by atoms with Crippen molar-refractivity contribution in [2.45, 2.75) is 0 Å². The zero-order valence-corrected chi connectivity index (χ0v) is 16.8. The normalized spacial score (nSPS) is 13.0. The summed E-state index contributed by atoms with van der Waals surface area (Å²) in [6.45, 7) is 0.380. The second-order valence-electron chi connectivity index (χ2n) is 6.00. The quantitative estimate of drug-likeness (QED) is 0.762. The number of sulfonamides is 1. The number of rotatable bonds is 6. The lowest BCUT2D eigenvalue weighted by Gasteiger charge is -2.24. The van der Waals surface area contributed by atoms with Gasteiger partial charge in [0.2, 0.25) is 15.9 Å². The van der Waals surface area contributed by atoms with Crippen molar-refractivity contribution in [1.82, 2.24) is 0 Å². The molecule has 1 aliphatic rings. The van der Waals surface area contributed by atoms with Crippen molar-refractivity contribution >= 4 is 38.9 Å². The highest BCUT2D eigenvalue weighted by molar-refractivity contribution is 7.92. The summed E-state index contributed by atoms with van der Waals surface area (Å²) in [7, 11) is -2.24. The van der Waals surface area contributed by atoms with Gasteiger partial charge >= 0.3 is 0 Å². The fourth-order valence-corrected chi connectivity index (χ4v) is 3.77. The molecule has 0 radical (unpaired) electrons. The summed E-state index contributed by atoms with van der Waals surface area (Å²) in [4.78, 5) is 12.4. The molecule has 150 valence electrons. The van der Waals surface area contributed by atoms with Gasteiger partial charge < -0.3 is 19.5 Å². The summed E-state index contributed by atoms with van der Waals surface area (Å²) < 4.78 is 41.5. The van der Waals surface area contributed by atoms with E-state index in [-0.39, 0.29) is 0 Å². The standard InChI is InChI=1S/C18H19ClN2O6S/c1-25-15-5-3-12(9-14(15)19)20-18(22)11-21(28(2,23)24)13-4-6-16-17(10-13)27-8-7-26-16/h3-6,9-10H,7-8,11H2,1-2H3,(H,20,22). The highest BCUT2D eigenvalue weighted by Crippen LogP contribution is 2.34. The van der Waals surface area contributed by atoms with E-state index >= 15 is 0 Å². The van der Waals surface area contributed by atoms with Gasteiger partial charge in [-0.05, 0) is 30.3 Å². The molecule has 2 aromatic carbocycles. The maximum Gasteiger partial charge on any atom is 0.245 e. The lowest BCUT2D eigenvalue weighted by atomic mass is 10.2. The van der Waals surface area contributed by atoms with Gasteiger partial charge in [0.25, 0.3) is 0 Å². The van der Waals surface area contributed by atoms with Gasteiger partial charge in [-0.1, -0.05) is 11.6 Å². The van der Waals surface area contributed by atoms with Crippen molar-refractivity contribution in [2.24, 2.45) is 0 Å². The van der Waals surface area contributed by atoms with Crippen LogP contribution in [0.3, 0.4) is 0 Å². The van der Waals surface area contributed by atoms with Crippen LogP contribution in [-0.2, 0) is 14.8 Å².